The third-order valence-corrected chi connectivity index (χ3v) is 4.83. The van der Waals surface area contributed by atoms with Crippen LogP contribution in [0.2, 0.25) is 0 Å². The maximum atomic E-state index is 11.9. The number of carbonyl (C=O) groups is 1. The molecule has 6 nitrogen and oxygen atoms in total. The van der Waals surface area contributed by atoms with Gasteiger partial charge in [-0.1, -0.05) is 6.92 Å². The molecule has 0 unspecified atom stereocenters. The molecule has 0 radical (unpaired) electrons. The standard InChI is InChI=1S/C16H18N2O4S/c1-2-23(20,21)11-10-18-16(19)13-5-7-14(8-6-13)22-15-4-3-9-17-12-15/h3-9,12H,2,10-11H2,1H3,(H,18,19). The summed E-state index contributed by atoms with van der Waals surface area (Å²) in [6.45, 7) is 1.68. The van der Waals surface area contributed by atoms with E-state index in [1.807, 2.05) is 0 Å². The van der Waals surface area contributed by atoms with Crippen molar-refractivity contribution >= 4 is 15.7 Å². The van der Waals surface area contributed by atoms with Crippen LogP contribution in [0.1, 0.15) is 17.3 Å². The molecule has 1 heterocycles. The molecule has 7 heteroatoms. The first kappa shape index (κ1) is 17.0. The zero-order valence-corrected chi connectivity index (χ0v) is 13.5. The van der Waals surface area contributed by atoms with Crippen molar-refractivity contribution in [3.8, 4) is 11.5 Å². The van der Waals surface area contributed by atoms with E-state index in [1.165, 1.54) is 0 Å². The SMILES string of the molecule is CCS(=O)(=O)CCNC(=O)c1ccc(Oc2cccnc2)cc1. The van der Waals surface area contributed by atoms with Crippen molar-refractivity contribution in [3.63, 3.8) is 0 Å². The monoisotopic (exact) mass is 334 g/mol. The molecule has 0 aliphatic rings. The molecule has 2 rings (SSSR count). The van der Waals surface area contributed by atoms with Crippen molar-refractivity contribution in [1.29, 1.82) is 0 Å². The van der Waals surface area contributed by atoms with Crippen LogP contribution in [0.4, 0.5) is 0 Å². The fourth-order valence-electron chi connectivity index (χ4n) is 1.78. The first-order valence-corrected chi connectivity index (χ1v) is 8.99. The number of hydrogen-bond acceptors (Lipinski definition) is 5. The summed E-state index contributed by atoms with van der Waals surface area (Å²) in [5.74, 6) is 0.891. The number of aromatic nitrogens is 1. The molecule has 23 heavy (non-hydrogen) atoms. The summed E-state index contributed by atoms with van der Waals surface area (Å²) in [6.07, 6.45) is 3.24. The lowest BCUT2D eigenvalue weighted by atomic mass is 10.2. The van der Waals surface area contributed by atoms with Gasteiger partial charge >= 0.3 is 0 Å². The highest BCUT2D eigenvalue weighted by atomic mass is 32.2. The molecule has 0 saturated carbocycles. The Morgan fingerprint density at radius 3 is 2.52 bits per heavy atom. The van der Waals surface area contributed by atoms with E-state index in [4.69, 9.17) is 4.74 Å². The third kappa shape index (κ3) is 5.37. The molecule has 0 aliphatic heterocycles. The highest BCUT2D eigenvalue weighted by molar-refractivity contribution is 7.91. The van der Waals surface area contributed by atoms with Gasteiger partial charge in [0.25, 0.3) is 5.91 Å². The minimum absolute atomic E-state index is 0.0581. The van der Waals surface area contributed by atoms with Crippen molar-refractivity contribution < 1.29 is 17.9 Å². The highest BCUT2D eigenvalue weighted by Gasteiger charge is 2.10. The molecular weight excluding hydrogens is 316 g/mol. The Bertz CT molecular complexity index is 743. The Kier molecular flexibility index (Phi) is 5.70. The maximum Gasteiger partial charge on any atom is 0.251 e. The quantitative estimate of drug-likeness (QED) is 0.837. The number of nitrogens with one attached hydrogen (secondary N) is 1. The largest absolute Gasteiger partial charge is 0.456 e. The van der Waals surface area contributed by atoms with Crippen LogP contribution in [0, 0.1) is 0 Å². The van der Waals surface area contributed by atoms with E-state index in [1.54, 1.807) is 55.7 Å². The average molecular weight is 334 g/mol. The Labute approximate surface area is 135 Å². The average Bonchev–Trinajstić information content (AvgIpc) is 2.56. The summed E-state index contributed by atoms with van der Waals surface area (Å²) < 4.78 is 28.3. The van der Waals surface area contributed by atoms with Gasteiger partial charge in [-0.15, -0.1) is 0 Å². The van der Waals surface area contributed by atoms with E-state index in [2.05, 4.69) is 10.3 Å². The van der Waals surface area contributed by atoms with Gasteiger partial charge in [-0.25, -0.2) is 8.42 Å². The molecular formula is C16H18N2O4S. The maximum absolute atomic E-state index is 11.9. The second kappa shape index (κ2) is 7.73. The van der Waals surface area contributed by atoms with E-state index >= 15 is 0 Å². The summed E-state index contributed by atoms with van der Waals surface area (Å²) >= 11 is 0. The summed E-state index contributed by atoms with van der Waals surface area (Å²) in [5.41, 5.74) is 0.442. The van der Waals surface area contributed by atoms with Gasteiger partial charge in [0, 0.05) is 24.1 Å². The summed E-state index contributed by atoms with van der Waals surface area (Å²) in [5, 5.41) is 2.59. The van der Waals surface area contributed by atoms with Crippen LogP contribution >= 0.6 is 0 Å². The Morgan fingerprint density at radius 2 is 1.91 bits per heavy atom. The number of amides is 1. The van der Waals surface area contributed by atoms with Crippen LogP contribution in [-0.2, 0) is 9.84 Å². The fraction of sp³-hybridized carbons (Fsp3) is 0.250. The first-order chi connectivity index (χ1) is 11.0. The minimum Gasteiger partial charge on any atom is -0.456 e. The van der Waals surface area contributed by atoms with E-state index in [0.717, 1.165) is 0 Å². The van der Waals surface area contributed by atoms with Gasteiger partial charge in [0.05, 0.1) is 11.9 Å². The Morgan fingerprint density at radius 1 is 1.17 bits per heavy atom. The predicted octanol–water partition coefficient (Wildman–Crippen LogP) is 2.04. The lowest BCUT2D eigenvalue weighted by Gasteiger charge is -2.07. The van der Waals surface area contributed by atoms with Gasteiger partial charge in [-0.3, -0.25) is 9.78 Å². The number of pyridine rings is 1. The number of ether oxygens (including phenoxy) is 1. The molecule has 0 bridgehead atoms. The molecule has 0 aliphatic carbocycles. The van der Waals surface area contributed by atoms with Gasteiger partial charge in [0.15, 0.2) is 9.84 Å². The lowest BCUT2D eigenvalue weighted by molar-refractivity contribution is 0.0956. The van der Waals surface area contributed by atoms with Gasteiger partial charge < -0.3 is 10.1 Å². The van der Waals surface area contributed by atoms with E-state index < -0.39 is 9.84 Å². The molecule has 0 fully saturated rings. The fourth-order valence-corrected chi connectivity index (χ4v) is 2.49. The van der Waals surface area contributed by atoms with Gasteiger partial charge in [0.2, 0.25) is 0 Å². The topological polar surface area (TPSA) is 85.4 Å². The van der Waals surface area contributed by atoms with E-state index in [-0.39, 0.29) is 24.0 Å². The number of rotatable bonds is 7. The zero-order chi connectivity index (χ0) is 16.7. The zero-order valence-electron chi connectivity index (χ0n) is 12.7. The van der Waals surface area contributed by atoms with E-state index in [9.17, 15) is 13.2 Å². The minimum atomic E-state index is -3.08. The molecule has 1 aromatic heterocycles. The number of nitrogens with zero attached hydrogens (tertiary/aromatic N) is 1. The van der Waals surface area contributed by atoms with Crippen LogP contribution in [0.15, 0.2) is 48.8 Å². The van der Waals surface area contributed by atoms with Crippen molar-refractivity contribution in [2.45, 2.75) is 6.92 Å². The number of hydrogen-bond donors (Lipinski definition) is 1. The second-order valence-corrected chi connectivity index (χ2v) is 7.28. The third-order valence-electron chi connectivity index (χ3n) is 3.13. The van der Waals surface area contributed by atoms with Crippen molar-refractivity contribution in [2.75, 3.05) is 18.1 Å². The van der Waals surface area contributed by atoms with Crippen LogP contribution in [0.25, 0.3) is 0 Å². The summed E-state index contributed by atoms with van der Waals surface area (Å²) in [7, 11) is -3.08. The summed E-state index contributed by atoms with van der Waals surface area (Å²) in [4.78, 5) is 15.9. The van der Waals surface area contributed by atoms with Gasteiger partial charge in [0.1, 0.15) is 11.5 Å². The molecule has 1 aromatic carbocycles. The van der Waals surface area contributed by atoms with Crippen LogP contribution in [0.3, 0.4) is 0 Å². The molecule has 1 amide bonds. The van der Waals surface area contributed by atoms with Gasteiger partial charge in [-0.05, 0) is 36.4 Å². The lowest BCUT2D eigenvalue weighted by Crippen LogP contribution is -2.29. The number of benzene rings is 1. The molecule has 0 atom stereocenters. The smallest absolute Gasteiger partial charge is 0.251 e. The van der Waals surface area contributed by atoms with E-state index in [0.29, 0.717) is 17.1 Å². The Hall–Kier alpha value is -2.41. The predicted molar refractivity (Wildman–Crippen MR) is 87.4 cm³/mol. The molecule has 0 saturated heterocycles. The number of sulfone groups is 1. The summed E-state index contributed by atoms with van der Waals surface area (Å²) in [6, 6.07) is 10.1. The normalized spacial score (nSPS) is 11.0. The molecule has 2 aromatic rings. The molecule has 122 valence electrons. The first-order valence-electron chi connectivity index (χ1n) is 7.17. The van der Waals surface area contributed by atoms with Crippen LogP contribution in [-0.4, -0.2) is 37.4 Å². The van der Waals surface area contributed by atoms with Crippen molar-refractivity contribution in [1.82, 2.24) is 10.3 Å². The van der Waals surface area contributed by atoms with Crippen molar-refractivity contribution in [3.05, 3.63) is 54.4 Å². The highest BCUT2D eigenvalue weighted by Crippen LogP contribution is 2.20. The van der Waals surface area contributed by atoms with Crippen molar-refractivity contribution in [2.24, 2.45) is 0 Å². The second-order valence-electron chi connectivity index (χ2n) is 4.81. The Balaban J connectivity index is 1.90. The molecule has 0 spiro atoms. The number of carbonyl (C=O) groups excluding carboxylic acids is 1. The van der Waals surface area contributed by atoms with Crippen LogP contribution < -0.4 is 10.1 Å². The van der Waals surface area contributed by atoms with Gasteiger partial charge in [-0.2, -0.15) is 0 Å². The van der Waals surface area contributed by atoms with Crippen LogP contribution in [0.5, 0.6) is 11.5 Å². The molecule has 1 N–H and O–H groups in total.